The molecule has 3 aromatic rings. The standard InChI is InChI=1S/C28H30F2N2O3/c1-18-12-20(6-10-25(18)30)21-13-22(17-32(16-21)15-19-4-7-23(29)8-5-19)28(33)31-26-11-9-24(34-2)14-27(26)35-3/h4-12,14,21-22H,13,15-17H2,1-3H3,(H,31,33). The van der Waals surface area contributed by atoms with Crippen molar-refractivity contribution < 1.29 is 23.0 Å². The molecule has 1 amide bonds. The van der Waals surface area contributed by atoms with Gasteiger partial charge in [-0.25, -0.2) is 8.78 Å². The van der Waals surface area contributed by atoms with Crippen LogP contribution in [0.25, 0.3) is 0 Å². The summed E-state index contributed by atoms with van der Waals surface area (Å²) in [6.07, 6.45) is 0.634. The molecule has 0 bridgehead atoms. The van der Waals surface area contributed by atoms with Crippen LogP contribution in [0, 0.1) is 24.5 Å². The molecule has 5 nitrogen and oxygen atoms in total. The number of hydrogen-bond acceptors (Lipinski definition) is 4. The van der Waals surface area contributed by atoms with E-state index in [4.69, 9.17) is 9.47 Å². The molecule has 0 aromatic heterocycles. The second-order valence-electron chi connectivity index (χ2n) is 9.01. The van der Waals surface area contributed by atoms with Crippen molar-refractivity contribution >= 4 is 11.6 Å². The molecule has 1 N–H and O–H groups in total. The van der Waals surface area contributed by atoms with Crippen LogP contribution < -0.4 is 14.8 Å². The minimum atomic E-state index is -0.300. The number of nitrogens with zero attached hydrogens (tertiary/aromatic N) is 1. The Balaban J connectivity index is 1.57. The Kier molecular flexibility index (Phi) is 7.66. The molecule has 7 heteroatoms. The Morgan fingerprint density at radius 2 is 1.77 bits per heavy atom. The first-order valence-electron chi connectivity index (χ1n) is 11.6. The third-order valence-corrected chi connectivity index (χ3v) is 6.54. The van der Waals surface area contributed by atoms with Gasteiger partial charge in [0.15, 0.2) is 0 Å². The summed E-state index contributed by atoms with van der Waals surface area (Å²) >= 11 is 0. The fourth-order valence-corrected chi connectivity index (χ4v) is 4.66. The molecule has 1 fully saturated rings. The Morgan fingerprint density at radius 3 is 2.46 bits per heavy atom. The first-order valence-corrected chi connectivity index (χ1v) is 11.6. The number of methoxy groups -OCH3 is 2. The fourth-order valence-electron chi connectivity index (χ4n) is 4.66. The van der Waals surface area contributed by atoms with E-state index >= 15 is 0 Å². The largest absolute Gasteiger partial charge is 0.497 e. The second kappa shape index (κ2) is 10.9. The number of halogens is 2. The van der Waals surface area contributed by atoms with Crippen LogP contribution >= 0.6 is 0 Å². The number of anilines is 1. The SMILES string of the molecule is COc1ccc(NC(=O)C2CC(c3ccc(F)c(C)c3)CN(Cc3ccc(F)cc3)C2)c(OC)c1. The van der Waals surface area contributed by atoms with Crippen LogP contribution in [0.4, 0.5) is 14.5 Å². The van der Waals surface area contributed by atoms with Gasteiger partial charge in [0.1, 0.15) is 23.1 Å². The lowest BCUT2D eigenvalue weighted by Gasteiger charge is -2.37. The Labute approximate surface area is 204 Å². The van der Waals surface area contributed by atoms with Gasteiger partial charge < -0.3 is 14.8 Å². The molecule has 2 atom stereocenters. The highest BCUT2D eigenvalue weighted by Gasteiger charge is 2.33. The summed E-state index contributed by atoms with van der Waals surface area (Å²) in [5.41, 5.74) is 3.14. The number of nitrogens with one attached hydrogen (secondary N) is 1. The summed E-state index contributed by atoms with van der Waals surface area (Å²) in [6.45, 7) is 3.61. The first-order chi connectivity index (χ1) is 16.9. The van der Waals surface area contributed by atoms with Crippen molar-refractivity contribution in [1.29, 1.82) is 0 Å². The second-order valence-corrected chi connectivity index (χ2v) is 9.01. The zero-order valence-electron chi connectivity index (χ0n) is 20.2. The predicted octanol–water partition coefficient (Wildman–Crippen LogP) is 5.53. The topological polar surface area (TPSA) is 50.8 Å². The van der Waals surface area contributed by atoms with E-state index in [-0.39, 0.29) is 29.4 Å². The lowest BCUT2D eigenvalue weighted by Crippen LogP contribution is -2.43. The highest BCUT2D eigenvalue weighted by Crippen LogP contribution is 2.34. The van der Waals surface area contributed by atoms with Gasteiger partial charge in [-0.3, -0.25) is 9.69 Å². The van der Waals surface area contributed by atoms with E-state index in [0.29, 0.717) is 42.3 Å². The summed E-state index contributed by atoms with van der Waals surface area (Å²) in [6, 6.07) is 16.8. The van der Waals surface area contributed by atoms with Gasteiger partial charge in [-0.1, -0.05) is 24.3 Å². The number of hydrogen-bond donors (Lipinski definition) is 1. The molecule has 0 spiro atoms. The van der Waals surface area contributed by atoms with Gasteiger partial charge in [-0.15, -0.1) is 0 Å². The number of benzene rings is 3. The molecule has 4 rings (SSSR count). The molecule has 35 heavy (non-hydrogen) atoms. The van der Waals surface area contributed by atoms with E-state index in [1.807, 2.05) is 6.07 Å². The summed E-state index contributed by atoms with van der Waals surface area (Å²) in [4.78, 5) is 15.6. The van der Waals surface area contributed by atoms with E-state index in [0.717, 1.165) is 17.7 Å². The van der Waals surface area contributed by atoms with Gasteiger partial charge in [-0.05, 0) is 66.3 Å². The number of ether oxygens (including phenoxy) is 2. The molecule has 1 aliphatic rings. The summed E-state index contributed by atoms with van der Waals surface area (Å²) in [7, 11) is 3.12. The van der Waals surface area contributed by atoms with Gasteiger partial charge in [0.05, 0.1) is 25.8 Å². The van der Waals surface area contributed by atoms with Gasteiger partial charge in [0.2, 0.25) is 5.91 Å². The van der Waals surface area contributed by atoms with E-state index in [9.17, 15) is 13.6 Å². The third-order valence-electron chi connectivity index (χ3n) is 6.54. The molecular weight excluding hydrogens is 450 g/mol. The average Bonchev–Trinajstić information content (AvgIpc) is 2.87. The minimum Gasteiger partial charge on any atom is -0.497 e. The first kappa shape index (κ1) is 24.7. The van der Waals surface area contributed by atoms with Crippen LogP contribution in [-0.4, -0.2) is 38.1 Å². The van der Waals surface area contributed by atoms with Gasteiger partial charge in [0, 0.05) is 25.7 Å². The summed E-state index contributed by atoms with van der Waals surface area (Å²) in [5.74, 6) is 0.271. The molecule has 1 aliphatic heterocycles. The molecule has 3 aromatic carbocycles. The van der Waals surface area contributed by atoms with Crippen LogP contribution in [0.2, 0.25) is 0 Å². The number of carbonyl (C=O) groups excluding carboxylic acids is 1. The van der Waals surface area contributed by atoms with Crippen molar-refractivity contribution in [2.24, 2.45) is 5.92 Å². The lowest BCUT2D eigenvalue weighted by molar-refractivity contribution is -0.121. The van der Waals surface area contributed by atoms with Crippen LogP contribution in [0.3, 0.4) is 0 Å². The highest BCUT2D eigenvalue weighted by molar-refractivity contribution is 5.94. The quantitative estimate of drug-likeness (QED) is 0.483. The van der Waals surface area contributed by atoms with Crippen LogP contribution in [0.5, 0.6) is 11.5 Å². The van der Waals surface area contributed by atoms with Gasteiger partial charge >= 0.3 is 0 Å². The predicted molar refractivity (Wildman–Crippen MR) is 132 cm³/mol. The molecule has 1 heterocycles. The Morgan fingerprint density at radius 1 is 1.00 bits per heavy atom. The smallest absolute Gasteiger partial charge is 0.228 e. The average molecular weight is 481 g/mol. The molecule has 2 unspecified atom stereocenters. The zero-order chi connectivity index (χ0) is 24.9. The number of rotatable bonds is 7. The monoisotopic (exact) mass is 480 g/mol. The third kappa shape index (κ3) is 5.98. The highest BCUT2D eigenvalue weighted by atomic mass is 19.1. The Bertz CT molecular complexity index is 1180. The number of carbonyl (C=O) groups is 1. The normalized spacial score (nSPS) is 18.2. The van der Waals surface area contributed by atoms with Gasteiger partial charge in [-0.2, -0.15) is 0 Å². The van der Waals surface area contributed by atoms with Crippen LogP contribution in [-0.2, 0) is 11.3 Å². The van der Waals surface area contributed by atoms with E-state index in [1.54, 1.807) is 57.5 Å². The number of aryl methyl sites for hydroxylation is 1. The van der Waals surface area contributed by atoms with E-state index < -0.39 is 0 Å². The van der Waals surface area contributed by atoms with Crippen molar-refractivity contribution in [2.45, 2.75) is 25.8 Å². The number of likely N-dealkylation sites (tertiary alicyclic amines) is 1. The molecule has 0 radical (unpaired) electrons. The molecule has 0 saturated carbocycles. The van der Waals surface area contributed by atoms with Crippen LogP contribution in [0.15, 0.2) is 60.7 Å². The van der Waals surface area contributed by atoms with Crippen molar-refractivity contribution in [2.75, 3.05) is 32.6 Å². The van der Waals surface area contributed by atoms with Crippen molar-refractivity contribution in [3.63, 3.8) is 0 Å². The minimum absolute atomic E-state index is 0.0528. The van der Waals surface area contributed by atoms with Crippen LogP contribution in [0.1, 0.15) is 29.0 Å². The van der Waals surface area contributed by atoms with E-state index in [2.05, 4.69) is 10.2 Å². The molecule has 0 aliphatic carbocycles. The Hall–Kier alpha value is -3.45. The molecule has 1 saturated heterocycles. The maximum Gasteiger partial charge on any atom is 0.228 e. The summed E-state index contributed by atoms with van der Waals surface area (Å²) in [5, 5.41) is 3.01. The summed E-state index contributed by atoms with van der Waals surface area (Å²) < 4.78 is 38.0. The number of piperidine rings is 1. The lowest BCUT2D eigenvalue weighted by atomic mass is 9.83. The van der Waals surface area contributed by atoms with Crippen molar-refractivity contribution in [3.8, 4) is 11.5 Å². The van der Waals surface area contributed by atoms with Crippen molar-refractivity contribution in [1.82, 2.24) is 4.90 Å². The fraction of sp³-hybridized carbons (Fsp3) is 0.321. The maximum atomic E-state index is 13.9. The number of amides is 1. The maximum absolute atomic E-state index is 13.9. The zero-order valence-corrected chi connectivity index (χ0v) is 20.2. The molecule has 184 valence electrons. The van der Waals surface area contributed by atoms with Gasteiger partial charge in [0.25, 0.3) is 0 Å². The van der Waals surface area contributed by atoms with E-state index in [1.165, 1.54) is 18.2 Å². The van der Waals surface area contributed by atoms with Crippen molar-refractivity contribution in [3.05, 3.63) is 89.0 Å². The molecular formula is C28H30F2N2O3.